The average Bonchev–Trinajstić information content (AvgIpc) is 3.29. The second kappa shape index (κ2) is 14.6. The van der Waals surface area contributed by atoms with Gasteiger partial charge in [-0.25, -0.2) is 15.0 Å². The molecule has 0 amide bonds. The van der Waals surface area contributed by atoms with E-state index in [0.29, 0.717) is 29.3 Å². The first-order chi connectivity index (χ1) is 29.3. The molecule has 5 heteroatoms. The van der Waals surface area contributed by atoms with Gasteiger partial charge in [-0.05, 0) is 125 Å². The molecule has 0 aliphatic heterocycles. The Bertz CT molecular complexity index is 2900. The summed E-state index contributed by atoms with van der Waals surface area (Å²) in [5.41, 5.74) is 10.3. The molecule has 8 aromatic rings. The van der Waals surface area contributed by atoms with E-state index in [0.717, 1.165) is 61.3 Å². The third-order valence-corrected chi connectivity index (χ3v) is 15.6. The zero-order valence-corrected chi connectivity index (χ0v) is 35.1. The maximum Gasteiger partial charge on any atom is 0.164 e. The van der Waals surface area contributed by atoms with E-state index >= 15 is 0 Å². The quantitative estimate of drug-likeness (QED) is 0.144. The second-order valence-electron chi connectivity index (χ2n) is 18.0. The van der Waals surface area contributed by atoms with Crippen LogP contribution in [0.4, 0.5) is 0 Å². The molecule has 4 fully saturated rings. The maximum atomic E-state index is 13.0. The van der Waals surface area contributed by atoms with Crippen LogP contribution in [0.15, 0.2) is 170 Å². The summed E-state index contributed by atoms with van der Waals surface area (Å²) in [5.74, 6) is 4.92. The molecule has 12 rings (SSSR count). The van der Waals surface area contributed by atoms with Crippen molar-refractivity contribution < 1.29 is 4.57 Å². The summed E-state index contributed by atoms with van der Waals surface area (Å²) in [4.78, 5) is 15.7. The lowest BCUT2D eigenvalue weighted by molar-refractivity contribution is -0.0418. The Morgan fingerprint density at radius 1 is 0.450 bits per heavy atom. The van der Waals surface area contributed by atoms with Crippen molar-refractivity contribution in [3.05, 3.63) is 181 Å². The van der Waals surface area contributed by atoms with Crippen LogP contribution in [0.5, 0.6) is 0 Å². The number of aromatic nitrogens is 3. The third kappa shape index (κ3) is 6.44. The van der Waals surface area contributed by atoms with E-state index in [1.165, 1.54) is 48.8 Å². The summed E-state index contributed by atoms with van der Waals surface area (Å²) >= 11 is 0. The maximum absolute atomic E-state index is 13.0. The minimum atomic E-state index is -2.36. The fourth-order valence-corrected chi connectivity index (χ4v) is 12.4. The Morgan fingerprint density at radius 3 is 1.63 bits per heavy atom. The minimum Gasteiger partial charge on any atom is -0.319 e. The van der Waals surface area contributed by atoms with Crippen molar-refractivity contribution in [2.24, 2.45) is 23.7 Å². The Balaban J connectivity index is 1.02. The number of hydrogen-bond donors (Lipinski definition) is 0. The van der Waals surface area contributed by atoms with Crippen LogP contribution in [-0.2, 0) is 9.98 Å². The van der Waals surface area contributed by atoms with E-state index in [1.807, 2.05) is 31.5 Å². The average molecular weight is 798 g/mol. The molecule has 4 aliphatic carbocycles. The second-order valence-corrected chi connectivity index (χ2v) is 21.2. The van der Waals surface area contributed by atoms with E-state index in [-0.39, 0.29) is 5.41 Å². The highest BCUT2D eigenvalue weighted by Gasteiger charge is 2.58. The Labute approximate surface area is 353 Å². The van der Waals surface area contributed by atoms with Crippen molar-refractivity contribution in [3.63, 3.8) is 0 Å². The molecular formula is C55H48N3OP. The molecule has 1 heterocycles. The van der Waals surface area contributed by atoms with Gasteiger partial charge in [-0.15, -0.1) is 0 Å². The van der Waals surface area contributed by atoms with Crippen LogP contribution >= 0.6 is 7.14 Å². The first-order valence-corrected chi connectivity index (χ1v) is 24.2. The lowest BCUT2D eigenvalue weighted by Gasteiger charge is -2.62. The summed E-state index contributed by atoms with van der Waals surface area (Å²) in [7, 11) is -2.36. The minimum absolute atomic E-state index is 0.0505. The fraction of sp³-hybridized carbons (Fsp3) is 0.218. The Kier molecular flexibility index (Phi) is 9.05. The summed E-state index contributed by atoms with van der Waals surface area (Å²) in [6, 6.07) is 60.9. The lowest BCUT2D eigenvalue weighted by atomic mass is 9.42. The molecular weight excluding hydrogens is 750 g/mol. The van der Waals surface area contributed by atoms with Crippen LogP contribution in [-0.4, -0.2) is 28.3 Å². The van der Waals surface area contributed by atoms with Gasteiger partial charge < -0.3 is 4.57 Å². The molecule has 0 N–H and O–H groups in total. The third-order valence-electron chi connectivity index (χ3n) is 14.1. The standard InChI is InChI=1S/C55H48N3OP/c1-60(2,59)49-18-9-16-43(35-49)39-21-25-45(26-22-39)55(47-30-36-29-37(32-47)33-48(55)31-36)46-27-23-41(24-28-46)52-56-53(44-17-8-15-42(34-44)38-11-4-3-5-12-38)58-54(57-52)51-20-10-14-40-13-6-7-19-50(40)51/h3-28,34-37,47-48H,29-33H2,1-2H3. The zero-order chi connectivity index (χ0) is 40.4. The van der Waals surface area contributed by atoms with E-state index in [2.05, 4.69) is 152 Å². The molecule has 0 atom stereocenters. The van der Waals surface area contributed by atoms with Crippen LogP contribution in [0, 0.1) is 23.7 Å². The number of hydrogen-bond acceptors (Lipinski definition) is 4. The van der Waals surface area contributed by atoms with E-state index in [9.17, 15) is 4.57 Å². The van der Waals surface area contributed by atoms with Crippen molar-refractivity contribution in [1.29, 1.82) is 0 Å². The largest absolute Gasteiger partial charge is 0.319 e. The van der Waals surface area contributed by atoms with E-state index in [4.69, 9.17) is 15.0 Å². The van der Waals surface area contributed by atoms with Crippen molar-refractivity contribution in [2.75, 3.05) is 13.3 Å². The Hall–Kier alpha value is -5.96. The first-order valence-electron chi connectivity index (χ1n) is 21.6. The molecule has 294 valence electrons. The number of benzene rings is 7. The molecule has 4 nitrogen and oxygen atoms in total. The highest BCUT2D eigenvalue weighted by atomic mass is 31.2. The highest BCUT2D eigenvalue weighted by molar-refractivity contribution is 7.70. The van der Waals surface area contributed by atoms with Crippen molar-refractivity contribution in [3.8, 4) is 56.4 Å². The van der Waals surface area contributed by atoms with E-state index < -0.39 is 7.14 Å². The topological polar surface area (TPSA) is 55.7 Å². The summed E-state index contributed by atoms with van der Waals surface area (Å²) < 4.78 is 13.0. The molecule has 4 saturated carbocycles. The zero-order valence-electron chi connectivity index (χ0n) is 34.2. The van der Waals surface area contributed by atoms with Gasteiger partial charge >= 0.3 is 0 Å². The van der Waals surface area contributed by atoms with Crippen LogP contribution in [0.1, 0.15) is 43.2 Å². The number of rotatable bonds is 8. The predicted octanol–water partition coefficient (Wildman–Crippen LogP) is 13.3. The van der Waals surface area contributed by atoms with Crippen LogP contribution in [0.25, 0.3) is 67.2 Å². The molecule has 1 aromatic heterocycles. The van der Waals surface area contributed by atoms with E-state index in [1.54, 1.807) is 0 Å². The molecule has 0 saturated heterocycles. The van der Waals surface area contributed by atoms with Crippen LogP contribution in [0.3, 0.4) is 0 Å². The van der Waals surface area contributed by atoms with Crippen molar-refractivity contribution >= 4 is 23.2 Å². The van der Waals surface area contributed by atoms with Crippen molar-refractivity contribution in [2.45, 2.75) is 37.5 Å². The summed E-state index contributed by atoms with van der Waals surface area (Å²) in [5, 5.41) is 3.20. The molecule has 4 aliphatic rings. The van der Waals surface area contributed by atoms with Gasteiger partial charge in [-0.1, -0.05) is 158 Å². The van der Waals surface area contributed by atoms with Gasteiger partial charge in [0.15, 0.2) is 17.5 Å². The van der Waals surface area contributed by atoms with Gasteiger partial charge in [-0.3, -0.25) is 0 Å². The van der Waals surface area contributed by atoms with Gasteiger partial charge in [0, 0.05) is 27.4 Å². The number of nitrogens with zero attached hydrogens (tertiary/aromatic N) is 3. The molecule has 60 heavy (non-hydrogen) atoms. The van der Waals surface area contributed by atoms with Crippen molar-refractivity contribution in [1.82, 2.24) is 15.0 Å². The van der Waals surface area contributed by atoms with Crippen LogP contribution in [0.2, 0.25) is 0 Å². The predicted molar refractivity (Wildman–Crippen MR) is 248 cm³/mol. The smallest absolute Gasteiger partial charge is 0.164 e. The molecule has 0 spiro atoms. The summed E-state index contributed by atoms with van der Waals surface area (Å²) in [6.07, 6.45) is 6.61. The molecule has 0 unspecified atom stereocenters. The van der Waals surface area contributed by atoms with Gasteiger partial charge in [0.05, 0.1) is 0 Å². The number of fused-ring (bicyclic) bond motifs is 1. The molecule has 7 aromatic carbocycles. The van der Waals surface area contributed by atoms with Gasteiger partial charge in [-0.2, -0.15) is 0 Å². The van der Waals surface area contributed by atoms with Gasteiger partial charge in [0.25, 0.3) is 0 Å². The normalized spacial score (nSPS) is 22.0. The Morgan fingerprint density at radius 2 is 0.950 bits per heavy atom. The van der Waals surface area contributed by atoms with Gasteiger partial charge in [0.2, 0.25) is 0 Å². The SMILES string of the molecule is CP(C)(=O)c1cccc(-c2ccc(C3(c4ccc(-c5nc(-c6cccc(-c7ccccc7)c6)nc(-c6cccc7ccccc67)n5)cc4)C4CC5CC(C4)CC3C5)cc2)c1. The molecule has 0 radical (unpaired) electrons. The van der Waals surface area contributed by atoms with Gasteiger partial charge in [0.1, 0.15) is 7.14 Å². The summed E-state index contributed by atoms with van der Waals surface area (Å²) in [6.45, 7) is 3.70. The van der Waals surface area contributed by atoms with Crippen LogP contribution < -0.4 is 5.30 Å². The first kappa shape index (κ1) is 37.1. The lowest BCUT2D eigenvalue weighted by Crippen LogP contribution is -2.56. The highest BCUT2D eigenvalue weighted by Crippen LogP contribution is 2.65. The molecule has 4 bridgehead atoms. The monoisotopic (exact) mass is 797 g/mol. The fourth-order valence-electron chi connectivity index (χ4n) is 11.5.